The van der Waals surface area contributed by atoms with E-state index in [1.165, 1.54) is 30.6 Å². The first kappa shape index (κ1) is 44.9. The number of carbonyl (C=O) groups excluding carboxylic acids is 3. The van der Waals surface area contributed by atoms with Crippen molar-refractivity contribution in [2.75, 3.05) is 0 Å². The number of hydrogen-bond acceptors (Lipinski definition) is 5. The summed E-state index contributed by atoms with van der Waals surface area (Å²) in [5, 5.41) is 15.0. The van der Waals surface area contributed by atoms with E-state index in [2.05, 4.69) is 27.4 Å². The van der Waals surface area contributed by atoms with Crippen LogP contribution in [0.2, 0.25) is 10.0 Å². The van der Waals surface area contributed by atoms with Crippen molar-refractivity contribution in [3.05, 3.63) is 177 Å². The number of aldehydes is 1. The Morgan fingerprint density at radius 1 is 0.667 bits per heavy atom. The molecular weight excluding hydrogens is 833 g/mol. The normalized spacial score (nSPS) is 12.4. The zero-order valence-electron chi connectivity index (χ0n) is 31.9. The van der Waals surface area contributed by atoms with Crippen LogP contribution in [0.1, 0.15) is 79.3 Å². The summed E-state index contributed by atoms with van der Waals surface area (Å²) in [7, 11) is 0. The van der Waals surface area contributed by atoms with Crippen molar-refractivity contribution < 1.29 is 40.7 Å². The molecule has 312 valence electrons. The van der Waals surface area contributed by atoms with E-state index in [4.69, 9.17) is 23.2 Å². The van der Waals surface area contributed by atoms with E-state index in [1.54, 1.807) is 83.9 Å². The molecule has 0 aliphatic rings. The van der Waals surface area contributed by atoms with Gasteiger partial charge in [-0.1, -0.05) is 53.5 Å². The van der Waals surface area contributed by atoms with Gasteiger partial charge in [0.15, 0.2) is 0 Å². The Morgan fingerprint density at radius 3 is 1.40 bits per heavy atom. The number of benzene rings is 4. The van der Waals surface area contributed by atoms with Crippen LogP contribution in [0.4, 0.5) is 26.3 Å². The van der Waals surface area contributed by atoms with E-state index < -0.39 is 47.4 Å². The monoisotopic (exact) mass is 868 g/mol. The van der Waals surface area contributed by atoms with Gasteiger partial charge in [-0.15, -0.1) is 6.58 Å². The molecule has 2 atom stereocenters. The van der Waals surface area contributed by atoms with Crippen molar-refractivity contribution in [3.8, 4) is 11.4 Å². The van der Waals surface area contributed by atoms with Crippen molar-refractivity contribution in [1.29, 1.82) is 0 Å². The van der Waals surface area contributed by atoms with Crippen LogP contribution in [0.25, 0.3) is 11.4 Å². The first-order chi connectivity index (χ1) is 28.4. The number of halogens is 8. The topological polar surface area (TPSA) is 111 Å². The molecule has 4 aromatic carbocycles. The second-order valence-electron chi connectivity index (χ2n) is 13.3. The molecule has 0 radical (unpaired) electrons. The lowest BCUT2D eigenvalue weighted by atomic mass is 10.0. The smallest absolute Gasteiger partial charge is 0.345 e. The predicted octanol–water partition coefficient (Wildman–Crippen LogP) is 10.8. The van der Waals surface area contributed by atoms with Crippen molar-refractivity contribution in [1.82, 2.24) is 30.2 Å². The molecule has 0 bridgehead atoms. The van der Waals surface area contributed by atoms with Gasteiger partial charge in [-0.3, -0.25) is 9.59 Å². The summed E-state index contributed by atoms with van der Waals surface area (Å²) in [4.78, 5) is 36.7. The van der Waals surface area contributed by atoms with Gasteiger partial charge in [0.25, 0.3) is 11.8 Å². The van der Waals surface area contributed by atoms with Crippen LogP contribution < -0.4 is 10.6 Å². The zero-order chi connectivity index (χ0) is 43.8. The standard InChI is InChI=1S/C22H19ClF3N3O.C21H17ClF3N3O2/c1-3-5-20(15-6-4-7-16(12-15)22(24,25)26)28-21(30)19-13-27-29(14(19)2)18-10-8-17(23)9-11-18;1-13-18(12-26-28(13)17-7-5-16(22)6-8-17)20(30)27-19(9-10-29)14-3-2-4-15(11-14)21(23,24)25/h3-4,6-13,20H,1,5H2,2H3,(H,28,30);2-8,10-12,19H,9H2,1H3,(H,27,30)/t20-;19-/m00/s1. The van der Waals surface area contributed by atoms with Crippen molar-refractivity contribution in [2.24, 2.45) is 0 Å². The van der Waals surface area contributed by atoms with Crippen LogP contribution in [0.3, 0.4) is 0 Å². The molecule has 17 heteroatoms. The molecule has 6 rings (SSSR count). The van der Waals surface area contributed by atoms with E-state index in [9.17, 15) is 40.7 Å². The minimum absolute atomic E-state index is 0.169. The summed E-state index contributed by atoms with van der Waals surface area (Å²) in [6, 6.07) is 21.7. The first-order valence-corrected chi connectivity index (χ1v) is 18.8. The van der Waals surface area contributed by atoms with Gasteiger partial charge in [-0.2, -0.15) is 36.5 Å². The molecule has 2 amide bonds. The molecular formula is C43H36Cl2F6N6O3. The summed E-state index contributed by atoms with van der Waals surface area (Å²) < 4.78 is 81.4. The third-order valence-corrected chi connectivity index (χ3v) is 9.73. The van der Waals surface area contributed by atoms with Gasteiger partial charge in [0.2, 0.25) is 0 Å². The van der Waals surface area contributed by atoms with Crippen LogP contribution in [0.15, 0.2) is 122 Å². The summed E-state index contributed by atoms with van der Waals surface area (Å²) in [6.07, 6.45) is -3.99. The van der Waals surface area contributed by atoms with Crippen LogP contribution in [0.5, 0.6) is 0 Å². The van der Waals surface area contributed by atoms with Gasteiger partial charge in [-0.05, 0) is 104 Å². The minimum Gasteiger partial charge on any atom is -0.345 e. The van der Waals surface area contributed by atoms with Crippen molar-refractivity contribution in [2.45, 2.75) is 51.1 Å². The van der Waals surface area contributed by atoms with Gasteiger partial charge < -0.3 is 15.4 Å². The molecule has 0 aliphatic carbocycles. The Hall–Kier alpha value is -6.19. The Morgan fingerprint density at radius 2 is 1.05 bits per heavy atom. The third kappa shape index (κ3) is 11.1. The number of aromatic nitrogens is 4. The lowest BCUT2D eigenvalue weighted by molar-refractivity contribution is -0.138. The van der Waals surface area contributed by atoms with Crippen molar-refractivity contribution in [3.63, 3.8) is 0 Å². The molecule has 2 heterocycles. The van der Waals surface area contributed by atoms with Crippen molar-refractivity contribution >= 4 is 41.3 Å². The largest absolute Gasteiger partial charge is 0.416 e. The molecule has 0 saturated heterocycles. The molecule has 0 fully saturated rings. The van der Waals surface area contributed by atoms with E-state index >= 15 is 0 Å². The second-order valence-corrected chi connectivity index (χ2v) is 14.2. The fourth-order valence-electron chi connectivity index (χ4n) is 6.11. The Balaban J connectivity index is 0.000000228. The number of rotatable bonds is 12. The van der Waals surface area contributed by atoms with Gasteiger partial charge in [0.1, 0.15) is 6.29 Å². The van der Waals surface area contributed by atoms with Gasteiger partial charge in [0.05, 0.1) is 69.5 Å². The Bertz CT molecular complexity index is 2290. The average molecular weight is 870 g/mol. The average Bonchev–Trinajstić information content (AvgIpc) is 3.80. The molecule has 0 aliphatic heterocycles. The van der Waals surface area contributed by atoms with E-state index in [1.807, 2.05) is 0 Å². The number of hydrogen-bond donors (Lipinski definition) is 2. The molecule has 2 N–H and O–H groups in total. The SMILES string of the molecule is C=CC[C@H](NC(=O)c1cnn(-c2ccc(Cl)cc2)c1C)c1cccc(C(F)(F)F)c1.Cc1c(C(=O)N[C@@H](CC=O)c2cccc(C(F)(F)F)c2)cnn1-c1ccc(Cl)cc1. The molecule has 0 unspecified atom stereocenters. The summed E-state index contributed by atoms with van der Waals surface area (Å²) in [6.45, 7) is 7.07. The quantitative estimate of drug-likeness (QED) is 0.0723. The molecule has 0 spiro atoms. The highest BCUT2D eigenvalue weighted by Gasteiger charge is 2.32. The second kappa shape index (κ2) is 19.3. The Labute approximate surface area is 350 Å². The van der Waals surface area contributed by atoms with E-state index in [0.717, 1.165) is 30.0 Å². The predicted molar refractivity (Wildman–Crippen MR) is 215 cm³/mol. The summed E-state index contributed by atoms with van der Waals surface area (Å²) in [5.41, 5.74) is 2.04. The first-order valence-electron chi connectivity index (χ1n) is 18.0. The number of alkyl halides is 6. The number of amides is 2. The summed E-state index contributed by atoms with van der Waals surface area (Å²) >= 11 is 11.8. The maximum absolute atomic E-state index is 13.1. The van der Waals surface area contributed by atoms with Crippen LogP contribution in [-0.4, -0.2) is 37.7 Å². The number of carbonyl (C=O) groups is 3. The van der Waals surface area contributed by atoms with E-state index in [0.29, 0.717) is 44.5 Å². The molecule has 2 aromatic heterocycles. The lowest BCUT2D eigenvalue weighted by Gasteiger charge is -2.19. The number of nitrogens with one attached hydrogen (secondary N) is 2. The zero-order valence-corrected chi connectivity index (χ0v) is 33.4. The highest BCUT2D eigenvalue weighted by molar-refractivity contribution is 6.30. The van der Waals surface area contributed by atoms with Gasteiger partial charge >= 0.3 is 12.4 Å². The highest BCUT2D eigenvalue weighted by atomic mass is 35.5. The summed E-state index contributed by atoms with van der Waals surface area (Å²) in [5.74, 6) is -0.978. The number of nitrogens with zero attached hydrogens (tertiary/aromatic N) is 4. The lowest BCUT2D eigenvalue weighted by Crippen LogP contribution is -2.29. The molecule has 0 saturated carbocycles. The molecule has 6 aromatic rings. The van der Waals surface area contributed by atoms with Crippen LogP contribution >= 0.6 is 23.2 Å². The highest BCUT2D eigenvalue weighted by Crippen LogP contribution is 2.33. The maximum Gasteiger partial charge on any atom is 0.416 e. The maximum atomic E-state index is 13.1. The Kier molecular flexibility index (Phi) is 14.4. The van der Waals surface area contributed by atoms with Gasteiger partial charge in [-0.25, -0.2) is 9.36 Å². The third-order valence-electron chi connectivity index (χ3n) is 9.23. The van der Waals surface area contributed by atoms with Crippen LogP contribution in [-0.2, 0) is 17.1 Å². The van der Waals surface area contributed by atoms with Gasteiger partial charge in [0, 0.05) is 16.5 Å². The molecule has 9 nitrogen and oxygen atoms in total. The minimum atomic E-state index is -4.53. The molecule has 60 heavy (non-hydrogen) atoms. The van der Waals surface area contributed by atoms with E-state index in [-0.39, 0.29) is 24.0 Å². The van der Waals surface area contributed by atoms with Crippen LogP contribution in [0, 0.1) is 13.8 Å². The fourth-order valence-corrected chi connectivity index (χ4v) is 6.36. The fraction of sp³-hybridized carbons (Fsp3) is 0.186.